The summed E-state index contributed by atoms with van der Waals surface area (Å²) in [6, 6.07) is 0. The first kappa shape index (κ1) is 7.59. The highest BCUT2D eigenvalue weighted by Gasteiger charge is 1.89. The molecular formula is C5H10O3. The lowest BCUT2D eigenvalue weighted by atomic mass is 10.5. The second kappa shape index (κ2) is 4.74. The van der Waals surface area contributed by atoms with Gasteiger partial charge in [-0.15, -0.1) is 0 Å². The number of ether oxygens (including phenoxy) is 1. The van der Waals surface area contributed by atoms with Crippen molar-refractivity contribution in [2.75, 3.05) is 19.8 Å². The highest BCUT2D eigenvalue weighted by atomic mass is 16.5. The number of aliphatic hydroxyl groups excluding tert-OH is 1. The molecule has 0 aromatic rings. The number of rotatable bonds is 4. The Bertz CT molecular complexity index is 70.1. The third-order valence-electron chi connectivity index (χ3n) is 0.541. The van der Waals surface area contributed by atoms with Crippen LogP contribution >= 0.6 is 0 Å². The second-order valence-corrected chi connectivity index (χ2v) is 1.48. The Morgan fingerprint density at radius 2 is 2.38 bits per heavy atom. The lowest BCUT2D eigenvalue weighted by Crippen LogP contribution is -2.06. The van der Waals surface area contributed by atoms with E-state index in [-0.39, 0.29) is 25.6 Å². The molecule has 0 fully saturated rings. The zero-order valence-electron chi connectivity index (χ0n) is 4.89. The van der Waals surface area contributed by atoms with Gasteiger partial charge in [0, 0.05) is 0 Å². The van der Waals surface area contributed by atoms with Crippen molar-refractivity contribution in [3.63, 3.8) is 0 Å². The number of hydrogen-bond acceptors (Lipinski definition) is 3. The van der Waals surface area contributed by atoms with Gasteiger partial charge in [-0.2, -0.15) is 0 Å². The Balaban J connectivity index is 2.82. The van der Waals surface area contributed by atoms with Gasteiger partial charge in [-0.25, -0.2) is 0 Å². The minimum atomic E-state index is -0.0206. The molecule has 0 aliphatic rings. The van der Waals surface area contributed by atoms with Crippen LogP contribution in [0.25, 0.3) is 0 Å². The molecule has 3 nitrogen and oxygen atoms in total. The predicted molar refractivity (Wildman–Crippen MR) is 28.6 cm³/mol. The van der Waals surface area contributed by atoms with E-state index in [1.165, 1.54) is 6.92 Å². The van der Waals surface area contributed by atoms with E-state index >= 15 is 0 Å². The van der Waals surface area contributed by atoms with E-state index in [9.17, 15) is 4.79 Å². The minimum absolute atomic E-state index is 0.0153. The van der Waals surface area contributed by atoms with Gasteiger partial charge in [0.15, 0.2) is 5.78 Å². The molecule has 0 amide bonds. The Morgan fingerprint density at radius 1 is 1.75 bits per heavy atom. The molecule has 48 valence electrons. The molecule has 0 aliphatic heterocycles. The molecule has 0 unspecified atom stereocenters. The predicted octanol–water partition coefficient (Wildman–Crippen LogP) is -0.416. The Kier molecular flexibility index (Phi) is 4.50. The number of Topliss-reactive ketones (excluding diaryl/α,β-unsaturated/α-hetero) is 1. The monoisotopic (exact) mass is 118 g/mol. The van der Waals surface area contributed by atoms with E-state index in [2.05, 4.69) is 4.74 Å². The van der Waals surface area contributed by atoms with E-state index in [4.69, 9.17) is 5.11 Å². The number of carbonyl (C=O) groups excluding carboxylic acids is 1. The van der Waals surface area contributed by atoms with Crippen LogP contribution in [0.3, 0.4) is 0 Å². The van der Waals surface area contributed by atoms with Crippen molar-refractivity contribution in [2.24, 2.45) is 0 Å². The molecule has 0 heterocycles. The number of hydrogen-bond donors (Lipinski definition) is 1. The fourth-order valence-corrected chi connectivity index (χ4v) is 0.280. The molecule has 0 aliphatic carbocycles. The van der Waals surface area contributed by atoms with Crippen molar-refractivity contribution in [1.82, 2.24) is 0 Å². The summed E-state index contributed by atoms with van der Waals surface area (Å²) in [5, 5.41) is 8.14. The summed E-state index contributed by atoms with van der Waals surface area (Å²) in [5.74, 6) is -0.0153. The summed E-state index contributed by atoms with van der Waals surface area (Å²) < 4.78 is 4.64. The molecule has 0 saturated carbocycles. The van der Waals surface area contributed by atoms with Gasteiger partial charge in [-0.1, -0.05) is 0 Å². The molecule has 0 aromatic carbocycles. The van der Waals surface area contributed by atoms with E-state index in [0.717, 1.165) is 0 Å². The normalized spacial score (nSPS) is 9.25. The van der Waals surface area contributed by atoms with Crippen LogP contribution in [0.15, 0.2) is 0 Å². The second-order valence-electron chi connectivity index (χ2n) is 1.48. The zero-order valence-corrected chi connectivity index (χ0v) is 4.89. The van der Waals surface area contributed by atoms with Crippen LogP contribution in [-0.4, -0.2) is 30.7 Å². The summed E-state index contributed by atoms with van der Waals surface area (Å²) in [5.41, 5.74) is 0. The Hall–Kier alpha value is -0.410. The lowest BCUT2D eigenvalue weighted by molar-refractivity contribution is -0.121. The largest absolute Gasteiger partial charge is 0.394 e. The van der Waals surface area contributed by atoms with Crippen molar-refractivity contribution in [3.05, 3.63) is 0 Å². The fraction of sp³-hybridized carbons (Fsp3) is 0.800. The van der Waals surface area contributed by atoms with Gasteiger partial charge in [0.25, 0.3) is 0 Å². The standard InChI is InChI=1S/C5H10O3/c1-5(7)4-8-3-2-6/h6H,2-4H2,1H3. The third-order valence-corrected chi connectivity index (χ3v) is 0.541. The van der Waals surface area contributed by atoms with Crippen LogP contribution in [0.2, 0.25) is 0 Å². The Labute approximate surface area is 48.3 Å². The Morgan fingerprint density at radius 3 is 2.75 bits per heavy atom. The molecule has 0 saturated heterocycles. The highest BCUT2D eigenvalue weighted by molar-refractivity contribution is 5.76. The van der Waals surface area contributed by atoms with Crippen molar-refractivity contribution < 1.29 is 14.6 Å². The van der Waals surface area contributed by atoms with Gasteiger partial charge < -0.3 is 9.84 Å². The topological polar surface area (TPSA) is 46.5 Å². The zero-order chi connectivity index (χ0) is 6.41. The molecule has 0 spiro atoms. The highest BCUT2D eigenvalue weighted by Crippen LogP contribution is 1.73. The molecule has 8 heavy (non-hydrogen) atoms. The SMILES string of the molecule is CC(=O)COCCO. The summed E-state index contributed by atoms with van der Waals surface area (Å²) >= 11 is 0. The number of carbonyl (C=O) groups is 1. The molecule has 0 rings (SSSR count). The first-order chi connectivity index (χ1) is 3.77. The maximum Gasteiger partial charge on any atom is 0.155 e. The molecule has 3 heteroatoms. The van der Waals surface area contributed by atoms with E-state index in [0.29, 0.717) is 0 Å². The molecule has 1 N–H and O–H groups in total. The van der Waals surface area contributed by atoms with Crippen LogP contribution < -0.4 is 0 Å². The fourth-order valence-electron chi connectivity index (χ4n) is 0.280. The van der Waals surface area contributed by atoms with E-state index < -0.39 is 0 Å². The van der Waals surface area contributed by atoms with Gasteiger partial charge in [0.1, 0.15) is 6.61 Å². The first-order valence-electron chi connectivity index (χ1n) is 2.45. The van der Waals surface area contributed by atoms with Crippen molar-refractivity contribution in [3.8, 4) is 0 Å². The van der Waals surface area contributed by atoms with E-state index in [1.807, 2.05) is 0 Å². The van der Waals surface area contributed by atoms with Crippen LogP contribution in [0.5, 0.6) is 0 Å². The molecule has 0 aromatic heterocycles. The minimum Gasteiger partial charge on any atom is -0.394 e. The number of aliphatic hydroxyl groups is 1. The van der Waals surface area contributed by atoms with Gasteiger partial charge in [0.05, 0.1) is 13.2 Å². The quantitative estimate of drug-likeness (QED) is 0.510. The van der Waals surface area contributed by atoms with Crippen LogP contribution in [0.4, 0.5) is 0 Å². The summed E-state index contributed by atoms with van der Waals surface area (Å²) in [7, 11) is 0. The van der Waals surface area contributed by atoms with Crippen molar-refractivity contribution in [1.29, 1.82) is 0 Å². The van der Waals surface area contributed by atoms with Crippen molar-refractivity contribution in [2.45, 2.75) is 6.92 Å². The van der Waals surface area contributed by atoms with Gasteiger partial charge in [-0.05, 0) is 6.92 Å². The molecule has 0 atom stereocenters. The maximum atomic E-state index is 10.1. The van der Waals surface area contributed by atoms with Crippen LogP contribution in [-0.2, 0) is 9.53 Å². The molecule has 0 radical (unpaired) electrons. The van der Waals surface area contributed by atoms with Crippen LogP contribution in [0, 0.1) is 0 Å². The average Bonchev–Trinajstić information content (AvgIpc) is 1.66. The summed E-state index contributed by atoms with van der Waals surface area (Å²) in [4.78, 5) is 10.1. The maximum absolute atomic E-state index is 10.1. The lowest BCUT2D eigenvalue weighted by Gasteiger charge is -1.94. The molecular weight excluding hydrogens is 108 g/mol. The first-order valence-corrected chi connectivity index (χ1v) is 2.45. The van der Waals surface area contributed by atoms with Crippen molar-refractivity contribution >= 4 is 5.78 Å². The van der Waals surface area contributed by atoms with E-state index in [1.54, 1.807) is 0 Å². The molecule has 0 bridgehead atoms. The summed E-state index contributed by atoms with van der Waals surface area (Å²) in [6.45, 7) is 1.78. The summed E-state index contributed by atoms with van der Waals surface area (Å²) in [6.07, 6.45) is 0. The van der Waals surface area contributed by atoms with Crippen LogP contribution in [0.1, 0.15) is 6.92 Å². The average molecular weight is 118 g/mol. The van der Waals surface area contributed by atoms with Gasteiger partial charge in [0.2, 0.25) is 0 Å². The van der Waals surface area contributed by atoms with Gasteiger partial charge in [-0.3, -0.25) is 4.79 Å². The smallest absolute Gasteiger partial charge is 0.155 e. The third kappa shape index (κ3) is 5.59. The number of ketones is 1. The van der Waals surface area contributed by atoms with Gasteiger partial charge >= 0.3 is 0 Å².